The van der Waals surface area contributed by atoms with Crippen molar-refractivity contribution in [1.29, 1.82) is 0 Å². The molecule has 0 aliphatic carbocycles. The molecule has 0 saturated carbocycles. The number of ether oxygens (including phenoxy) is 2. The van der Waals surface area contributed by atoms with Crippen LogP contribution in [0.2, 0.25) is 0 Å². The molecule has 0 spiro atoms. The van der Waals surface area contributed by atoms with Crippen molar-refractivity contribution in [2.45, 2.75) is 6.92 Å². The van der Waals surface area contributed by atoms with Gasteiger partial charge in [0.1, 0.15) is 5.75 Å². The molecule has 0 atom stereocenters. The molecule has 0 aliphatic rings. The van der Waals surface area contributed by atoms with Crippen LogP contribution >= 0.6 is 0 Å². The molecule has 106 valence electrons. The zero-order chi connectivity index (χ0) is 14.8. The van der Waals surface area contributed by atoms with Crippen LogP contribution < -0.4 is 15.2 Å². The highest BCUT2D eigenvalue weighted by atomic mass is 16.5. The summed E-state index contributed by atoms with van der Waals surface area (Å²) in [6.45, 7) is 1.92. The first-order valence-corrected chi connectivity index (χ1v) is 6.52. The number of anilines is 1. The number of fused-ring (bicyclic) bond motifs is 1. The molecule has 0 fully saturated rings. The van der Waals surface area contributed by atoms with Gasteiger partial charge in [-0.3, -0.25) is 0 Å². The fourth-order valence-electron chi connectivity index (χ4n) is 2.14. The largest absolute Gasteiger partial charge is 0.497 e. The molecule has 0 saturated heterocycles. The topological polar surface area (TPSA) is 70.3 Å². The van der Waals surface area contributed by atoms with Crippen LogP contribution in [0.5, 0.6) is 17.4 Å². The van der Waals surface area contributed by atoms with E-state index in [0.29, 0.717) is 23.1 Å². The normalized spacial score (nSPS) is 10.6. The van der Waals surface area contributed by atoms with Gasteiger partial charge in [-0.2, -0.15) is 5.10 Å². The van der Waals surface area contributed by atoms with Crippen LogP contribution in [0.1, 0.15) is 5.69 Å². The number of hydrogen-bond acceptors (Lipinski definition) is 5. The van der Waals surface area contributed by atoms with E-state index in [-0.39, 0.29) is 0 Å². The molecule has 3 rings (SSSR count). The van der Waals surface area contributed by atoms with Crippen molar-refractivity contribution in [3.8, 4) is 17.4 Å². The van der Waals surface area contributed by atoms with Crippen molar-refractivity contribution in [3.63, 3.8) is 0 Å². The summed E-state index contributed by atoms with van der Waals surface area (Å²) in [6, 6.07) is 13.1. The van der Waals surface area contributed by atoms with E-state index in [1.54, 1.807) is 25.3 Å². The van der Waals surface area contributed by atoms with Crippen molar-refractivity contribution in [2.24, 2.45) is 0 Å². The van der Waals surface area contributed by atoms with Gasteiger partial charge in [0, 0.05) is 16.8 Å². The number of rotatable bonds is 3. The van der Waals surface area contributed by atoms with E-state index in [9.17, 15) is 0 Å². The van der Waals surface area contributed by atoms with E-state index < -0.39 is 0 Å². The molecule has 0 bridgehead atoms. The van der Waals surface area contributed by atoms with Crippen LogP contribution in [0.3, 0.4) is 0 Å². The first kappa shape index (κ1) is 13.2. The summed E-state index contributed by atoms with van der Waals surface area (Å²) in [6.07, 6.45) is 0. The number of aromatic nitrogens is 2. The lowest BCUT2D eigenvalue weighted by atomic mass is 10.1. The maximum absolute atomic E-state index is 5.97. The van der Waals surface area contributed by atoms with Crippen molar-refractivity contribution in [1.82, 2.24) is 10.2 Å². The third kappa shape index (κ3) is 2.45. The second-order valence-corrected chi connectivity index (χ2v) is 4.64. The van der Waals surface area contributed by atoms with E-state index in [1.807, 2.05) is 31.2 Å². The smallest absolute Gasteiger partial charge is 0.246 e. The molecular formula is C16H15N3O2. The third-order valence-electron chi connectivity index (χ3n) is 3.26. The molecule has 3 aromatic rings. The zero-order valence-electron chi connectivity index (χ0n) is 11.8. The summed E-state index contributed by atoms with van der Waals surface area (Å²) < 4.78 is 10.9. The van der Waals surface area contributed by atoms with Crippen molar-refractivity contribution < 1.29 is 9.47 Å². The molecule has 0 radical (unpaired) electrons. The number of nitrogens with two attached hydrogens (primary N) is 1. The van der Waals surface area contributed by atoms with Gasteiger partial charge in [-0.15, -0.1) is 5.10 Å². The van der Waals surface area contributed by atoms with Gasteiger partial charge < -0.3 is 15.2 Å². The predicted octanol–water partition coefficient (Wildman–Crippen LogP) is 3.32. The Morgan fingerprint density at radius 3 is 2.48 bits per heavy atom. The van der Waals surface area contributed by atoms with E-state index >= 15 is 0 Å². The number of nitrogens with zero attached hydrogens (tertiary/aromatic N) is 2. The van der Waals surface area contributed by atoms with Gasteiger partial charge in [-0.05, 0) is 25.1 Å². The lowest BCUT2D eigenvalue weighted by molar-refractivity contribution is 0.412. The molecule has 0 amide bonds. The number of hydrogen-bond donors (Lipinski definition) is 1. The fourth-order valence-corrected chi connectivity index (χ4v) is 2.14. The highest BCUT2D eigenvalue weighted by Gasteiger charge is 2.10. The minimum absolute atomic E-state index is 0.438. The lowest BCUT2D eigenvalue weighted by Gasteiger charge is -2.11. The van der Waals surface area contributed by atoms with Gasteiger partial charge in [-0.25, -0.2) is 0 Å². The summed E-state index contributed by atoms with van der Waals surface area (Å²) in [5, 5.41) is 10.2. The maximum atomic E-state index is 5.97. The summed E-state index contributed by atoms with van der Waals surface area (Å²) in [5.41, 5.74) is 7.31. The van der Waals surface area contributed by atoms with E-state index in [2.05, 4.69) is 10.2 Å². The van der Waals surface area contributed by atoms with Crippen LogP contribution in [0, 0.1) is 6.92 Å². The molecule has 21 heavy (non-hydrogen) atoms. The number of methoxy groups -OCH3 is 1. The highest BCUT2D eigenvalue weighted by Crippen LogP contribution is 2.33. The van der Waals surface area contributed by atoms with Gasteiger partial charge in [0.15, 0.2) is 5.75 Å². The minimum Gasteiger partial charge on any atom is -0.497 e. The molecular weight excluding hydrogens is 266 g/mol. The molecule has 2 aromatic carbocycles. The summed E-state index contributed by atoms with van der Waals surface area (Å²) >= 11 is 0. The maximum Gasteiger partial charge on any atom is 0.246 e. The minimum atomic E-state index is 0.438. The number of aryl methyl sites for hydroxylation is 1. The lowest BCUT2D eigenvalue weighted by Crippen LogP contribution is -1.98. The Bertz CT molecular complexity index is 803. The molecule has 0 unspecified atom stereocenters. The second-order valence-electron chi connectivity index (χ2n) is 4.64. The monoisotopic (exact) mass is 281 g/mol. The van der Waals surface area contributed by atoms with Crippen molar-refractivity contribution >= 4 is 16.5 Å². The first-order valence-electron chi connectivity index (χ1n) is 6.52. The summed E-state index contributed by atoms with van der Waals surface area (Å²) in [5.74, 6) is 1.65. The van der Waals surface area contributed by atoms with Crippen LogP contribution in [-0.4, -0.2) is 17.3 Å². The summed E-state index contributed by atoms with van der Waals surface area (Å²) in [7, 11) is 1.59. The van der Waals surface area contributed by atoms with E-state index in [0.717, 1.165) is 16.5 Å². The van der Waals surface area contributed by atoms with Crippen molar-refractivity contribution in [2.75, 3.05) is 12.8 Å². The van der Waals surface area contributed by atoms with Crippen LogP contribution in [0.4, 0.5) is 5.69 Å². The fraction of sp³-hybridized carbons (Fsp3) is 0.125. The zero-order valence-corrected chi connectivity index (χ0v) is 11.8. The van der Waals surface area contributed by atoms with E-state index in [4.69, 9.17) is 15.2 Å². The molecule has 5 heteroatoms. The second kappa shape index (κ2) is 5.28. The Balaban J connectivity index is 2.04. The Labute approximate surface area is 122 Å². The Morgan fingerprint density at radius 1 is 1.00 bits per heavy atom. The third-order valence-corrected chi connectivity index (χ3v) is 3.26. The van der Waals surface area contributed by atoms with E-state index in [1.165, 1.54) is 0 Å². The van der Waals surface area contributed by atoms with Crippen LogP contribution in [-0.2, 0) is 0 Å². The predicted molar refractivity (Wildman–Crippen MR) is 81.8 cm³/mol. The molecule has 5 nitrogen and oxygen atoms in total. The van der Waals surface area contributed by atoms with Gasteiger partial charge in [0.05, 0.1) is 18.5 Å². The molecule has 1 aromatic heterocycles. The highest BCUT2D eigenvalue weighted by molar-refractivity contribution is 5.88. The van der Waals surface area contributed by atoms with Gasteiger partial charge >= 0.3 is 0 Å². The first-order chi connectivity index (χ1) is 10.2. The summed E-state index contributed by atoms with van der Waals surface area (Å²) in [4.78, 5) is 0. The van der Waals surface area contributed by atoms with Crippen molar-refractivity contribution in [3.05, 3.63) is 48.2 Å². The number of benzene rings is 2. The van der Waals surface area contributed by atoms with Gasteiger partial charge in [0.25, 0.3) is 0 Å². The van der Waals surface area contributed by atoms with Crippen LogP contribution in [0.15, 0.2) is 42.5 Å². The van der Waals surface area contributed by atoms with Crippen LogP contribution in [0.25, 0.3) is 10.8 Å². The SMILES string of the molecule is COc1ccc(Oc2nnc(C)c3ccccc23)c(N)c1. The average molecular weight is 281 g/mol. The standard InChI is InChI=1S/C16H15N3O2/c1-10-12-5-3-4-6-13(12)16(19-18-10)21-15-8-7-11(20-2)9-14(15)17/h3-9H,17H2,1-2H3. The average Bonchev–Trinajstić information content (AvgIpc) is 2.52. The molecule has 0 aliphatic heterocycles. The number of nitrogen functional groups attached to an aromatic ring is 1. The van der Waals surface area contributed by atoms with Gasteiger partial charge in [0.2, 0.25) is 5.88 Å². The van der Waals surface area contributed by atoms with Gasteiger partial charge in [-0.1, -0.05) is 18.2 Å². The molecule has 2 N–H and O–H groups in total. The Hall–Kier alpha value is -2.82. The molecule has 1 heterocycles. The Morgan fingerprint density at radius 2 is 1.76 bits per heavy atom. The Kier molecular flexibility index (Phi) is 3.31. The quantitative estimate of drug-likeness (QED) is 0.746.